The number of likely N-dealkylation sites (tertiary alicyclic amines) is 1. The minimum atomic E-state index is -1.52. The van der Waals surface area contributed by atoms with Crippen molar-refractivity contribution in [3.05, 3.63) is 65.7 Å². The van der Waals surface area contributed by atoms with Crippen LogP contribution in [0.5, 0.6) is 5.75 Å². The maximum atomic E-state index is 13.7. The first kappa shape index (κ1) is 28.6. The van der Waals surface area contributed by atoms with Gasteiger partial charge in [-0.05, 0) is 49.4 Å². The molecule has 1 heterocycles. The fourth-order valence-electron chi connectivity index (χ4n) is 4.45. The number of aliphatic hydroxyl groups is 1. The van der Waals surface area contributed by atoms with Gasteiger partial charge in [0.2, 0.25) is 17.7 Å². The summed E-state index contributed by atoms with van der Waals surface area (Å²) in [6.45, 7) is 1.51. The summed E-state index contributed by atoms with van der Waals surface area (Å²) in [6, 6.07) is 10.9. The van der Waals surface area contributed by atoms with Gasteiger partial charge in [-0.15, -0.1) is 0 Å². The molecule has 1 fully saturated rings. The van der Waals surface area contributed by atoms with Crippen molar-refractivity contribution in [2.45, 2.75) is 62.9 Å². The molecular weight excluding hydrogens is 492 g/mol. The molecule has 0 aliphatic carbocycles. The number of phenolic OH excluding ortho intramolecular Hbond substituents is 1. The summed E-state index contributed by atoms with van der Waals surface area (Å²) in [4.78, 5) is 52.4. The van der Waals surface area contributed by atoms with Crippen molar-refractivity contribution in [1.29, 1.82) is 0 Å². The van der Waals surface area contributed by atoms with Crippen LogP contribution in [0.15, 0.2) is 54.6 Å². The topological polar surface area (TPSA) is 182 Å². The van der Waals surface area contributed by atoms with Crippen molar-refractivity contribution in [1.82, 2.24) is 15.5 Å². The molecule has 1 aliphatic heterocycles. The van der Waals surface area contributed by atoms with Crippen LogP contribution < -0.4 is 16.4 Å². The number of nitrogens with two attached hydrogens (primary N) is 1. The van der Waals surface area contributed by atoms with Crippen LogP contribution in [0.4, 0.5) is 0 Å². The van der Waals surface area contributed by atoms with Crippen LogP contribution in [0, 0.1) is 0 Å². The second-order valence-corrected chi connectivity index (χ2v) is 9.48. The third kappa shape index (κ3) is 7.53. The highest BCUT2D eigenvalue weighted by Gasteiger charge is 2.39. The van der Waals surface area contributed by atoms with E-state index in [1.807, 2.05) is 30.3 Å². The molecule has 7 N–H and O–H groups in total. The number of carboxylic acids is 1. The fourth-order valence-corrected chi connectivity index (χ4v) is 4.45. The van der Waals surface area contributed by atoms with E-state index in [0.29, 0.717) is 12.8 Å². The van der Waals surface area contributed by atoms with Crippen LogP contribution in [0.25, 0.3) is 0 Å². The van der Waals surface area contributed by atoms with Crippen molar-refractivity contribution in [2.75, 3.05) is 6.54 Å². The minimum Gasteiger partial charge on any atom is -0.508 e. The Morgan fingerprint density at radius 3 is 2.24 bits per heavy atom. The van der Waals surface area contributed by atoms with Crippen LogP contribution in [-0.4, -0.2) is 80.7 Å². The Morgan fingerprint density at radius 2 is 1.63 bits per heavy atom. The Labute approximate surface area is 220 Å². The maximum Gasteiger partial charge on any atom is 0.328 e. The van der Waals surface area contributed by atoms with E-state index in [4.69, 9.17) is 5.73 Å². The lowest BCUT2D eigenvalue weighted by atomic mass is 10.0. The van der Waals surface area contributed by atoms with Gasteiger partial charge in [0.15, 0.2) is 6.04 Å². The molecule has 11 heteroatoms. The smallest absolute Gasteiger partial charge is 0.328 e. The van der Waals surface area contributed by atoms with Crippen molar-refractivity contribution in [3.8, 4) is 5.75 Å². The van der Waals surface area contributed by atoms with E-state index in [1.165, 1.54) is 24.0 Å². The zero-order chi connectivity index (χ0) is 27.8. The van der Waals surface area contributed by atoms with E-state index in [2.05, 4.69) is 10.6 Å². The second-order valence-electron chi connectivity index (χ2n) is 9.48. The van der Waals surface area contributed by atoms with Crippen molar-refractivity contribution >= 4 is 23.7 Å². The maximum absolute atomic E-state index is 13.7. The number of carbonyl (C=O) groups excluding carboxylic acids is 3. The van der Waals surface area contributed by atoms with Crippen LogP contribution >= 0.6 is 0 Å². The van der Waals surface area contributed by atoms with E-state index in [0.717, 1.165) is 11.1 Å². The largest absolute Gasteiger partial charge is 0.508 e. The quantitative estimate of drug-likeness (QED) is 0.235. The van der Waals surface area contributed by atoms with Crippen molar-refractivity contribution in [3.63, 3.8) is 0 Å². The Hall–Kier alpha value is -3.96. The van der Waals surface area contributed by atoms with Crippen molar-refractivity contribution < 1.29 is 34.5 Å². The van der Waals surface area contributed by atoms with E-state index < -0.39 is 54.0 Å². The van der Waals surface area contributed by atoms with Gasteiger partial charge in [0.05, 0.1) is 12.1 Å². The van der Waals surface area contributed by atoms with E-state index >= 15 is 0 Å². The molecule has 3 rings (SSSR count). The molecular formula is C27H34N4O7. The number of carbonyl (C=O) groups is 4. The van der Waals surface area contributed by atoms with Crippen LogP contribution in [-0.2, 0) is 32.0 Å². The van der Waals surface area contributed by atoms with E-state index in [-0.39, 0.29) is 25.1 Å². The lowest BCUT2D eigenvalue weighted by Crippen LogP contribution is -2.58. The average molecular weight is 527 g/mol. The molecule has 0 spiro atoms. The average Bonchev–Trinajstić information content (AvgIpc) is 3.38. The Kier molecular flexibility index (Phi) is 9.80. The number of benzene rings is 2. The van der Waals surface area contributed by atoms with Gasteiger partial charge >= 0.3 is 5.97 Å². The van der Waals surface area contributed by atoms with Crippen molar-refractivity contribution in [2.24, 2.45) is 5.73 Å². The first-order chi connectivity index (χ1) is 18.1. The van der Waals surface area contributed by atoms with Gasteiger partial charge in [-0.1, -0.05) is 42.5 Å². The van der Waals surface area contributed by atoms with Gasteiger partial charge in [-0.2, -0.15) is 0 Å². The summed E-state index contributed by atoms with van der Waals surface area (Å²) < 4.78 is 0. The lowest BCUT2D eigenvalue weighted by molar-refractivity contribution is -0.147. The summed E-state index contributed by atoms with van der Waals surface area (Å²) in [5, 5.41) is 33.5. The number of nitrogens with zero attached hydrogens (tertiary/aromatic N) is 1. The zero-order valence-corrected chi connectivity index (χ0v) is 21.1. The molecule has 5 atom stereocenters. The highest BCUT2D eigenvalue weighted by Crippen LogP contribution is 2.20. The second kappa shape index (κ2) is 13.0. The molecule has 0 radical (unpaired) electrons. The standard InChI is InChI=1S/C27H34N4O7/c1-16(32)23(27(37)38)30-25(35)22-8-5-13-31(22)26(36)21(15-17-6-3-2-4-7-17)29-24(34)20(28)14-18-9-11-19(33)12-10-18/h2-4,6-7,9-12,16,20-23,32-33H,5,8,13-15,28H2,1H3,(H,29,34)(H,30,35)(H,37,38). The summed E-state index contributed by atoms with van der Waals surface area (Å²) in [5.41, 5.74) is 7.65. The highest BCUT2D eigenvalue weighted by molar-refractivity contribution is 5.94. The number of amides is 3. The molecule has 38 heavy (non-hydrogen) atoms. The Morgan fingerprint density at radius 1 is 1.00 bits per heavy atom. The van der Waals surface area contributed by atoms with Crippen LogP contribution in [0.1, 0.15) is 30.9 Å². The number of hydrogen-bond acceptors (Lipinski definition) is 7. The summed E-state index contributed by atoms with van der Waals surface area (Å²) in [6.07, 6.45) is -0.155. The van der Waals surface area contributed by atoms with E-state index in [1.54, 1.807) is 12.1 Å². The molecule has 204 valence electrons. The number of aliphatic hydroxyl groups excluding tert-OH is 1. The molecule has 1 saturated heterocycles. The number of hydrogen-bond donors (Lipinski definition) is 6. The number of carboxylic acid groups (broad SMARTS) is 1. The zero-order valence-electron chi connectivity index (χ0n) is 21.1. The molecule has 0 aromatic heterocycles. The van der Waals surface area contributed by atoms with E-state index in [9.17, 15) is 34.5 Å². The summed E-state index contributed by atoms with van der Waals surface area (Å²) in [5.74, 6) is -3.01. The Bertz CT molecular complexity index is 1120. The Balaban J connectivity index is 1.76. The highest BCUT2D eigenvalue weighted by atomic mass is 16.4. The number of rotatable bonds is 11. The molecule has 0 bridgehead atoms. The monoisotopic (exact) mass is 526 g/mol. The molecule has 0 saturated carbocycles. The summed E-state index contributed by atoms with van der Waals surface area (Å²) >= 11 is 0. The SMILES string of the molecule is CC(O)C(NC(=O)C1CCCN1C(=O)C(Cc1ccccc1)NC(=O)C(N)Cc1ccc(O)cc1)C(=O)O. The van der Waals surface area contributed by atoms with Gasteiger partial charge in [0, 0.05) is 13.0 Å². The first-order valence-corrected chi connectivity index (χ1v) is 12.5. The minimum absolute atomic E-state index is 0.0904. The van der Waals surface area contributed by atoms with Crippen LogP contribution in [0.2, 0.25) is 0 Å². The predicted octanol–water partition coefficient (Wildman–Crippen LogP) is -0.0693. The normalized spacial score (nSPS) is 18.2. The third-order valence-electron chi connectivity index (χ3n) is 6.51. The van der Waals surface area contributed by atoms with Gasteiger partial charge in [0.1, 0.15) is 17.8 Å². The lowest BCUT2D eigenvalue weighted by Gasteiger charge is -2.30. The van der Waals surface area contributed by atoms with Gasteiger partial charge < -0.3 is 36.6 Å². The number of aromatic hydroxyl groups is 1. The molecule has 3 amide bonds. The van der Waals surface area contributed by atoms with Gasteiger partial charge in [-0.3, -0.25) is 14.4 Å². The molecule has 5 unspecified atom stereocenters. The molecule has 2 aromatic carbocycles. The van der Waals surface area contributed by atoms with Gasteiger partial charge in [0.25, 0.3) is 0 Å². The fraction of sp³-hybridized carbons (Fsp3) is 0.407. The molecule has 2 aromatic rings. The predicted molar refractivity (Wildman–Crippen MR) is 138 cm³/mol. The van der Waals surface area contributed by atoms with Gasteiger partial charge in [-0.25, -0.2) is 4.79 Å². The molecule has 1 aliphatic rings. The van der Waals surface area contributed by atoms with Crippen LogP contribution in [0.3, 0.4) is 0 Å². The number of phenols is 1. The number of aliphatic carboxylic acids is 1. The molecule has 11 nitrogen and oxygen atoms in total. The summed E-state index contributed by atoms with van der Waals surface area (Å²) in [7, 11) is 0. The third-order valence-corrected chi connectivity index (χ3v) is 6.51. The number of nitrogens with one attached hydrogen (secondary N) is 2. The first-order valence-electron chi connectivity index (χ1n) is 12.5.